The molecule has 1 aliphatic rings. The number of nitrogens with one attached hydrogen (secondary N) is 1. The third-order valence-electron chi connectivity index (χ3n) is 3.18. The van der Waals surface area contributed by atoms with Crippen LogP contribution in [0.1, 0.15) is 11.1 Å². The minimum Gasteiger partial charge on any atom is -0.399 e. The molecule has 3 N–H and O–H groups in total. The molecule has 2 aromatic rings. The number of urea groups is 1. The van der Waals surface area contributed by atoms with Gasteiger partial charge in [0.2, 0.25) is 0 Å². The van der Waals surface area contributed by atoms with Crippen LogP contribution in [0.4, 0.5) is 16.2 Å². The van der Waals surface area contributed by atoms with Gasteiger partial charge in [-0.05, 0) is 41.5 Å². The van der Waals surface area contributed by atoms with Crippen LogP contribution in [-0.4, -0.2) is 15.9 Å². The molecule has 0 radical (unpaired) electrons. The zero-order valence-electron chi connectivity index (χ0n) is 10.3. The van der Waals surface area contributed by atoms with Crippen molar-refractivity contribution in [1.82, 2.24) is 9.88 Å². The number of nitrogens with zero attached hydrogens (tertiary/aromatic N) is 2. The molecule has 0 atom stereocenters. The Hall–Kier alpha value is -2.56. The van der Waals surface area contributed by atoms with Crippen LogP contribution in [-0.2, 0) is 13.1 Å². The summed E-state index contributed by atoms with van der Waals surface area (Å²) in [7, 11) is 0. The molecular weight excluding hydrogens is 240 g/mol. The van der Waals surface area contributed by atoms with E-state index >= 15 is 0 Å². The van der Waals surface area contributed by atoms with Crippen LogP contribution in [0.5, 0.6) is 0 Å². The van der Waals surface area contributed by atoms with Gasteiger partial charge in [0.1, 0.15) is 0 Å². The molecular formula is C14H14N4O. The van der Waals surface area contributed by atoms with Crippen LogP contribution in [0, 0.1) is 0 Å². The summed E-state index contributed by atoms with van der Waals surface area (Å²) in [5.41, 5.74) is 9.29. The number of pyridine rings is 1. The number of hydrogen-bond acceptors (Lipinski definition) is 3. The molecule has 0 saturated carbocycles. The number of carbonyl (C=O) groups is 1. The fourth-order valence-corrected chi connectivity index (χ4v) is 2.13. The maximum absolute atomic E-state index is 12.1. The first-order valence-corrected chi connectivity index (χ1v) is 6.05. The van der Waals surface area contributed by atoms with Crippen molar-refractivity contribution in [2.45, 2.75) is 13.1 Å². The van der Waals surface area contributed by atoms with Crippen LogP contribution in [0.15, 0.2) is 42.7 Å². The second-order valence-electron chi connectivity index (χ2n) is 4.55. The molecule has 0 aliphatic carbocycles. The van der Waals surface area contributed by atoms with Crippen molar-refractivity contribution in [1.29, 1.82) is 0 Å². The van der Waals surface area contributed by atoms with Crippen LogP contribution >= 0.6 is 0 Å². The Balaban J connectivity index is 1.68. The van der Waals surface area contributed by atoms with Crippen molar-refractivity contribution in [3.8, 4) is 0 Å². The Morgan fingerprint density at radius 1 is 1.16 bits per heavy atom. The fourth-order valence-electron chi connectivity index (χ4n) is 2.13. The van der Waals surface area contributed by atoms with Crippen LogP contribution in [0.3, 0.4) is 0 Å². The summed E-state index contributed by atoms with van der Waals surface area (Å²) in [5.74, 6) is 0. The highest BCUT2D eigenvalue weighted by Gasteiger charge is 2.23. The highest BCUT2D eigenvalue weighted by Crippen LogP contribution is 2.22. The van der Waals surface area contributed by atoms with E-state index in [1.165, 1.54) is 0 Å². The lowest BCUT2D eigenvalue weighted by Gasteiger charge is -2.16. The molecule has 0 spiro atoms. The molecule has 1 aliphatic heterocycles. The zero-order valence-corrected chi connectivity index (χ0v) is 10.3. The highest BCUT2D eigenvalue weighted by molar-refractivity contribution is 5.89. The normalized spacial score (nSPS) is 13.2. The Bertz CT molecular complexity index is 584. The summed E-state index contributed by atoms with van der Waals surface area (Å²) in [6.45, 7) is 1.22. The molecule has 2 heterocycles. The third kappa shape index (κ3) is 2.35. The van der Waals surface area contributed by atoms with Gasteiger partial charge in [0.15, 0.2) is 0 Å². The first kappa shape index (κ1) is 11.5. The Labute approximate surface area is 111 Å². The molecule has 0 unspecified atom stereocenters. The second kappa shape index (κ2) is 4.61. The van der Waals surface area contributed by atoms with E-state index in [0.717, 1.165) is 16.8 Å². The van der Waals surface area contributed by atoms with Crippen molar-refractivity contribution in [3.05, 3.63) is 53.9 Å². The van der Waals surface area contributed by atoms with E-state index in [2.05, 4.69) is 10.3 Å². The summed E-state index contributed by atoms with van der Waals surface area (Å²) < 4.78 is 0. The average molecular weight is 254 g/mol. The fraction of sp³-hybridized carbons (Fsp3) is 0.143. The van der Waals surface area contributed by atoms with E-state index in [1.807, 2.05) is 12.3 Å². The van der Waals surface area contributed by atoms with E-state index in [-0.39, 0.29) is 6.03 Å². The summed E-state index contributed by atoms with van der Waals surface area (Å²) in [4.78, 5) is 18.0. The SMILES string of the molecule is Nc1ccc(NC(=O)N2Cc3ccncc3C2)cc1. The lowest BCUT2D eigenvalue weighted by atomic mass is 10.2. The standard InChI is InChI=1S/C14H14N4O/c15-12-1-3-13(4-2-12)17-14(19)18-8-10-5-6-16-7-11(10)9-18/h1-7H,8-9,15H2,(H,17,19). The predicted molar refractivity (Wildman–Crippen MR) is 73.4 cm³/mol. The molecule has 96 valence electrons. The topological polar surface area (TPSA) is 71.2 Å². The van der Waals surface area contributed by atoms with E-state index in [0.29, 0.717) is 18.8 Å². The first-order valence-electron chi connectivity index (χ1n) is 6.05. The van der Waals surface area contributed by atoms with Crippen molar-refractivity contribution >= 4 is 17.4 Å². The van der Waals surface area contributed by atoms with E-state index < -0.39 is 0 Å². The van der Waals surface area contributed by atoms with Gasteiger partial charge < -0.3 is 16.0 Å². The van der Waals surface area contributed by atoms with Gasteiger partial charge in [-0.15, -0.1) is 0 Å². The maximum atomic E-state index is 12.1. The Kier molecular flexibility index (Phi) is 2.79. The molecule has 0 bridgehead atoms. The number of aromatic nitrogens is 1. The molecule has 19 heavy (non-hydrogen) atoms. The summed E-state index contributed by atoms with van der Waals surface area (Å²) in [5, 5.41) is 2.86. The van der Waals surface area contributed by atoms with Crippen molar-refractivity contribution < 1.29 is 4.79 Å². The summed E-state index contributed by atoms with van der Waals surface area (Å²) in [6.07, 6.45) is 3.56. The van der Waals surface area contributed by atoms with Crippen LogP contribution in [0.2, 0.25) is 0 Å². The Morgan fingerprint density at radius 3 is 2.63 bits per heavy atom. The van der Waals surface area contributed by atoms with Gasteiger partial charge in [0, 0.05) is 36.9 Å². The molecule has 1 aromatic carbocycles. The smallest absolute Gasteiger partial charge is 0.322 e. The molecule has 5 heteroatoms. The quantitative estimate of drug-likeness (QED) is 0.766. The molecule has 5 nitrogen and oxygen atoms in total. The number of amides is 2. The van der Waals surface area contributed by atoms with E-state index in [1.54, 1.807) is 35.4 Å². The lowest BCUT2D eigenvalue weighted by Crippen LogP contribution is -2.30. The highest BCUT2D eigenvalue weighted by atomic mass is 16.2. The molecule has 2 amide bonds. The number of carbonyl (C=O) groups excluding carboxylic acids is 1. The maximum Gasteiger partial charge on any atom is 0.322 e. The van der Waals surface area contributed by atoms with Crippen LogP contribution < -0.4 is 11.1 Å². The van der Waals surface area contributed by atoms with Crippen molar-refractivity contribution in [2.75, 3.05) is 11.1 Å². The molecule has 3 rings (SSSR count). The summed E-state index contributed by atoms with van der Waals surface area (Å²) >= 11 is 0. The first-order chi connectivity index (χ1) is 9.22. The number of rotatable bonds is 1. The van der Waals surface area contributed by atoms with Crippen molar-refractivity contribution in [3.63, 3.8) is 0 Å². The second-order valence-corrected chi connectivity index (χ2v) is 4.55. The van der Waals surface area contributed by atoms with E-state index in [9.17, 15) is 4.79 Å². The lowest BCUT2D eigenvalue weighted by molar-refractivity contribution is 0.212. The largest absolute Gasteiger partial charge is 0.399 e. The number of fused-ring (bicyclic) bond motifs is 1. The number of anilines is 2. The van der Waals surface area contributed by atoms with Gasteiger partial charge >= 0.3 is 6.03 Å². The van der Waals surface area contributed by atoms with Gasteiger partial charge in [0.25, 0.3) is 0 Å². The third-order valence-corrected chi connectivity index (χ3v) is 3.18. The van der Waals surface area contributed by atoms with Gasteiger partial charge in [-0.1, -0.05) is 0 Å². The minimum absolute atomic E-state index is 0.110. The minimum atomic E-state index is -0.110. The number of nitrogens with two attached hydrogens (primary N) is 1. The zero-order chi connectivity index (χ0) is 13.2. The number of benzene rings is 1. The Morgan fingerprint density at radius 2 is 1.89 bits per heavy atom. The average Bonchev–Trinajstić information content (AvgIpc) is 2.85. The van der Waals surface area contributed by atoms with Crippen molar-refractivity contribution in [2.24, 2.45) is 0 Å². The van der Waals surface area contributed by atoms with E-state index in [4.69, 9.17) is 5.73 Å². The summed E-state index contributed by atoms with van der Waals surface area (Å²) in [6, 6.07) is 8.94. The van der Waals surface area contributed by atoms with Gasteiger partial charge in [-0.2, -0.15) is 0 Å². The monoisotopic (exact) mass is 254 g/mol. The van der Waals surface area contributed by atoms with Crippen LogP contribution in [0.25, 0.3) is 0 Å². The van der Waals surface area contributed by atoms with Gasteiger partial charge in [0.05, 0.1) is 0 Å². The number of nitrogen functional groups attached to an aromatic ring is 1. The molecule has 0 saturated heterocycles. The number of hydrogen-bond donors (Lipinski definition) is 2. The molecule has 0 fully saturated rings. The predicted octanol–water partition coefficient (Wildman–Crippen LogP) is 2.21. The molecule has 1 aromatic heterocycles. The van der Waals surface area contributed by atoms with Gasteiger partial charge in [-0.25, -0.2) is 4.79 Å². The van der Waals surface area contributed by atoms with Gasteiger partial charge in [-0.3, -0.25) is 4.98 Å².